The maximum Gasteiger partial charge on any atom is 0.0368 e. The van der Waals surface area contributed by atoms with E-state index in [1.54, 1.807) is 0 Å². The van der Waals surface area contributed by atoms with Crippen molar-refractivity contribution in [3.05, 3.63) is 30.3 Å². The average molecular weight is 191 g/mol. The van der Waals surface area contributed by atoms with Crippen molar-refractivity contribution in [2.75, 3.05) is 11.4 Å². The Morgan fingerprint density at radius 1 is 1.14 bits per heavy atom. The maximum atomic E-state index is 2.46. The molecule has 0 spiro atoms. The minimum atomic E-state index is 0.646. The van der Waals surface area contributed by atoms with Gasteiger partial charge in [-0.05, 0) is 32.4 Å². The van der Waals surface area contributed by atoms with Crippen LogP contribution in [0.1, 0.15) is 33.6 Å². The van der Waals surface area contributed by atoms with Crippen LogP contribution in [0.3, 0.4) is 0 Å². The highest BCUT2D eigenvalue weighted by molar-refractivity contribution is 5.46. The maximum absolute atomic E-state index is 2.46. The van der Waals surface area contributed by atoms with Gasteiger partial charge in [0.05, 0.1) is 0 Å². The van der Waals surface area contributed by atoms with Gasteiger partial charge in [0.1, 0.15) is 0 Å². The van der Waals surface area contributed by atoms with Crippen LogP contribution >= 0.6 is 0 Å². The van der Waals surface area contributed by atoms with Gasteiger partial charge in [-0.1, -0.05) is 31.5 Å². The Balaban J connectivity index is 2.71. The Morgan fingerprint density at radius 3 is 2.29 bits per heavy atom. The van der Waals surface area contributed by atoms with Gasteiger partial charge >= 0.3 is 0 Å². The number of para-hydroxylation sites is 1. The van der Waals surface area contributed by atoms with Gasteiger partial charge in [-0.25, -0.2) is 0 Å². The molecule has 0 aliphatic carbocycles. The van der Waals surface area contributed by atoms with Crippen LogP contribution in [0.4, 0.5) is 5.69 Å². The molecule has 0 amide bonds. The number of benzene rings is 1. The summed E-state index contributed by atoms with van der Waals surface area (Å²) in [6.07, 6.45) is 2.52. The van der Waals surface area contributed by atoms with Gasteiger partial charge in [0.15, 0.2) is 0 Å². The van der Waals surface area contributed by atoms with E-state index >= 15 is 0 Å². The molecule has 0 fully saturated rings. The van der Waals surface area contributed by atoms with E-state index in [0.717, 1.165) is 6.54 Å². The SMILES string of the molecule is CCCC(C)N(CC)c1ccccc1. The molecule has 0 saturated heterocycles. The highest BCUT2D eigenvalue weighted by Crippen LogP contribution is 2.18. The lowest BCUT2D eigenvalue weighted by atomic mass is 10.1. The van der Waals surface area contributed by atoms with Crippen molar-refractivity contribution < 1.29 is 0 Å². The Hall–Kier alpha value is -0.980. The van der Waals surface area contributed by atoms with Crippen molar-refractivity contribution in [2.45, 2.75) is 39.7 Å². The molecule has 1 aromatic rings. The Bertz CT molecular complexity index is 243. The van der Waals surface area contributed by atoms with E-state index in [1.807, 2.05) is 0 Å². The molecule has 0 N–H and O–H groups in total. The molecule has 1 aromatic carbocycles. The summed E-state index contributed by atoms with van der Waals surface area (Å²) >= 11 is 0. The third kappa shape index (κ3) is 2.76. The minimum Gasteiger partial charge on any atom is -0.369 e. The molecule has 1 atom stereocenters. The minimum absolute atomic E-state index is 0.646. The van der Waals surface area contributed by atoms with Crippen LogP contribution in [0.25, 0.3) is 0 Å². The van der Waals surface area contributed by atoms with E-state index < -0.39 is 0 Å². The van der Waals surface area contributed by atoms with Crippen LogP contribution < -0.4 is 4.90 Å². The Kier molecular flexibility index (Phi) is 4.51. The molecular formula is C13H21N. The number of rotatable bonds is 5. The van der Waals surface area contributed by atoms with Gasteiger partial charge in [0.2, 0.25) is 0 Å². The summed E-state index contributed by atoms with van der Waals surface area (Å²) in [5.74, 6) is 0. The zero-order chi connectivity index (χ0) is 10.4. The fraction of sp³-hybridized carbons (Fsp3) is 0.538. The van der Waals surface area contributed by atoms with Crippen LogP contribution in [0, 0.1) is 0 Å². The zero-order valence-electron chi connectivity index (χ0n) is 9.53. The van der Waals surface area contributed by atoms with Crippen molar-refractivity contribution in [1.82, 2.24) is 0 Å². The second kappa shape index (κ2) is 5.69. The normalized spacial score (nSPS) is 12.5. The monoisotopic (exact) mass is 191 g/mol. The summed E-state index contributed by atoms with van der Waals surface area (Å²) < 4.78 is 0. The molecular weight excluding hydrogens is 170 g/mol. The molecule has 0 radical (unpaired) electrons. The average Bonchev–Trinajstić information content (AvgIpc) is 2.21. The number of anilines is 1. The van der Waals surface area contributed by atoms with Gasteiger partial charge in [-0.15, -0.1) is 0 Å². The van der Waals surface area contributed by atoms with E-state index in [1.165, 1.54) is 18.5 Å². The van der Waals surface area contributed by atoms with E-state index in [2.05, 4.69) is 56.0 Å². The predicted molar refractivity (Wildman–Crippen MR) is 63.8 cm³/mol. The number of hydrogen-bond acceptors (Lipinski definition) is 1. The summed E-state index contributed by atoms with van der Waals surface area (Å²) in [4.78, 5) is 2.46. The lowest BCUT2D eigenvalue weighted by Gasteiger charge is -2.30. The predicted octanol–water partition coefficient (Wildman–Crippen LogP) is 3.70. The van der Waals surface area contributed by atoms with Crippen LogP contribution in [0.15, 0.2) is 30.3 Å². The Labute approximate surface area is 87.7 Å². The molecule has 1 unspecified atom stereocenters. The topological polar surface area (TPSA) is 3.24 Å². The lowest BCUT2D eigenvalue weighted by Crippen LogP contribution is -2.32. The third-order valence-corrected chi connectivity index (χ3v) is 2.67. The van der Waals surface area contributed by atoms with Crippen molar-refractivity contribution >= 4 is 5.69 Å². The first-order valence-electron chi connectivity index (χ1n) is 5.61. The molecule has 0 saturated carbocycles. The lowest BCUT2D eigenvalue weighted by molar-refractivity contribution is 0.591. The second-order valence-electron chi connectivity index (χ2n) is 3.76. The molecule has 1 heteroatoms. The quantitative estimate of drug-likeness (QED) is 0.686. The molecule has 78 valence electrons. The van der Waals surface area contributed by atoms with Crippen molar-refractivity contribution in [1.29, 1.82) is 0 Å². The smallest absolute Gasteiger partial charge is 0.0368 e. The van der Waals surface area contributed by atoms with Crippen molar-refractivity contribution in [3.63, 3.8) is 0 Å². The first-order valence-corrected chi connectivity index (χ1v) is 5.61. The van der Waals surface area contributed by atoms with E-state index in [0.29, 0.717) is 6.04 Å². The number of nitrogens with zero attached hydrogens (tertiary/aromatic N) is 1. The first-order chi connectivity index (χ1) is 6.79. The Morgan fingerprint density at radius 2 is 1.79 bits per heavy atom. The van der Waals surface area contributed by atoms with E-state index in [-0.39, 0.29) is 0 Å². The summed E-state index contributed by atoms with van der Waals surface area (Å²) in [5.41, 5.74) is 1.34. The van der Waals surface area contributed by atoms with Crippen molar-refractivity contribution in [2.24, 2.45) is 0 Å². The van der Waals surface area contributed by atoms with Crippen LogP contribution in [0.2, 0.25) is 0 Å². The summed E-state index contributed by atoms with van der Waals surface area (Å²) in [6.45, 7) is 7.86. The summed E-state index contributed by atoms with van der Waals surface area (Å²) in [7, 11) is 0. The van der Waals surface area contributed by atoms with Gasteiger partial charge in [0.25, 0.3) is 0 Å². The van der Waals surface area contributed by atoms with Gasteiger partial charge in [-0.2, -0.15) is 0 Å². The molecule has 0 aromatic heterocycles. The molecule has 0 aliphatic heterocycles. The third-order valence-electron chi connectivity index (χ3n) is 2.67. The molecule has 0 aliphatic rings. The highest BCUT2D eigenvalue weighted by Gasteiger charge is 2.10. The zero-order valence-corrected chi connectivity index (χ0v) is 9.53. The molecule has 0 bridgehead atoms. The fourth-order valence-corrected chi connectivity index (χ4v) is 1.94. The van der Waals surface area contributed by atoms with Crippen LogP contribution in [-0.4, -0.2) is 12.6 Å². The fourth-order valence-electron chi connectivity index (χ4n) is 1.94. The first kappa shape index (κ1) is 11.1. The summed E-state index contributed by atoms with van der Waals surface area (Å²) in [6, 6.07) is 11.3. The molecule has 0 heterocycles. The van der Waals surface area contributed by atoms with Crippen molar-refractivity contribution in [3.8, 4) is 0 Å². The summed E-state index contributed by atoms with van der Waals surface area (Å²) in [5, 5.41) is 0. The van der Waals surface area contributed by atoms with Crippen LogP contribution in [-0.2, 0) is 0 Å². The largest absolute Gasteiger partial charge is 0.369 e. The molecule has 14 heavy (non-hydrogen) atoms. The van der Waals surface area contributed by atoms with E-state index in [4.69, 9.17) is 0 Å². The second-order valence-corrected chi connectivity index (χ2v) is 3.76. The van der Waals surface area contributed by atoms with Crippen LogP contribution in [0.5, 0.6) is 0 Å². The molecule has 1 nitrogen and oxygen atoms in total. The van der Waals surface area contributed by atoms with Gasteiger partial charge in [0, 0.05) is 18.3 Å². The highest BCUT2D eigenvalue weighted by atomic mass is 15.1. The van der Waals surface area contributed by atoms with Gasteiger partial charge < -0.3 is 4.90 Å². The number of hydrogen-bond donors (Lipinski definition) is 0. The van der Waals surface area contributed by atoms with E-state index in [9.17, 15) is 0 Å². The van der Waals surface area contributed by atoms with Gasteiger partial charge in [-0.3, -0.25) is 0 Å². The molecule has 1 rings (SSSR count). The standard InChI is InChI=1S/C13H21N/c1-4-9-12(3)14(5-2)13-10-7-6-8-11-13/h6-8,10-12H,4-5,9H2,1-3H3.